The number of sulfonamides is 1. The summed E-state index contributed by atoms with van der Waals surface area (Å²) in [5, 5.41) is 2.88. The summed E-state index contributed by atoms with van der Waals surface area (Å²) < 4.78 is 44.6. The molecule has 1 heterocycles. The molecule has 0 aliphatic rings. The fraction of sp³-hybridized carbons (Fsp3) is 0.231. The largest absolute Gasteiger partial charge is 0.451 e. The summed E-state index contributed by atoms with van der Waals surface area (Å²) in [5.74, 6) is 0.0702. The Kier molecular flexibility index (Phi) is 4.70. The van der Waals surface area contributed by atoms with Crippen molar-refractivity contribution in [1.82, 2.24) is 5.32 Å². The third-order valence-electron chi connectivity index (χ3n) is 2.89. The Morgan fingerprint density at radius 2 is 1.95 bits per heavy atom. The standard InChI is InChI=1S/C13H14BrFN2O3S/c1-16-8-11-7-12(13(14)20-11)21(18,19)17(2)10-5-3-9(15)4-6-10/h3-7,16H,8H2,1-2H3. The fourth-order valence-electron chi connectivity index (χ4n) is 1.77. The van der Waals surface area contributed by atoms with E-state index in [1.807, 2.05) is 0 Å². The average molecular weight is 377 g/mol. The van der Waals surface area contributed by atoms with Gasteiger partial charge in [-0.05, 0) is 47.2 Å². The van der Waals surface area contributed by atoms with Crippen LogP contribution in [0, 0.1) is 5.82 Å². The van der Waals surface area contributed by atoms with Crippen LogP contribution in [0.1, 0.15) is 5.76 Å². The maximum absolute atomic E-state index is 12.9. The molecule has 0 bridgehead atoms. The predicted molar refractivity (Wildman–Crippen MR) is 81.2 cm³/mol. The lowest BCUT2D eigenvalue weighted by Crippen LogP contribution is -2.26. The van der Waals surface area contributed by atoms with Crippen LogP contribution >= 0.6 is 15.9 Å². The summed E-state index contributed by atoms with van der Waals surface area (Å²) in [7, 11) is -0.657. The molecule has 0 amide bonds. The average Bonchev–Trinajstić information content (AvgIpc) is 2.81. The van der Waals surface area contributed by atoms with Crippen molar-refractivity contribution in [2.45, 2.75) is 11.4 Å². The van der Waals surface area contributed by atoms with E-state index in [2.05, 4.69) is 21.2 Å². The van der Waals surface area contributed by atoms with Crippen LogP contribution in [0.2, 0.25) is 0 Å². The van der Waals surface area contributed by atoms with E-state index in [0.29, 0.717) is 18.0 Å². The number of nitrogens with zero attached hydrogens (tertiary/aromatic N) is 1. The Morgan fingerprint density at radius 1 is 1.33 bits per heavy atom. The molecule has 5 nitrogen and oxygen atoms in total. The molecule has 2 aromatic rings. The molecule has 0 radical (unpaired) electrons. The highest BCUT2D eigenvalue weighted by molar-refractivity contribution is 9.10. The molecule has 114 valence electrons. The predicted octanol–water partition coefficient (Wildman–Crippen LogP) is 2.73. The maximum atomic E-state index is 12.9. The van der Waals surface area contributed by atoms with Gasteiger partial charge < -0.3 is 9.73 Å². The van der Waals surface area contributed by atoms with Gasteiger partial charge in [0.05, 0.1) is 12.2 Å². The van der Waals surface area contributed by atoms with E-state index in [-0.39, 0.29) is 9.56 Å². The van der Waals surface area contributed by atoms with Crippen molar-refractivity contribution in [2.24, 2.45) is 0 Å². The molecule has 0 unspecified atom stereocenters. The number of benzene rings is 1. The van der Waals surface area contributed by atoms with Gasteiger partial charge in [-0.15, -0.1) is 0 Å². The minimum Gasteiger partial charge on any atom is -0.451 e. The Bertz CT molecular complexity index is 728. The van der Waals surface area contributed by atoms with Crippen LogP contribution in [0.4, 0.5) is 10.1 Å². The number of furan rings is 1. The van der Waals surface area contributed by atoms with Gasteiger partial charge in [0, 0.05) is 13.1 Å². The normalized spacial score (nSPS) is 11.6. The van der Waals surface area contributed by atoms with Gasteiger partial charge in [0.15, 0.2) is 4.67 Å². The molecule has 0 aliphatic carbocycles. The zero-order valence-electron chi connectivity index (χ0n) is 11.4. The summed E-state index contributed by atoms with van der Waals surface area (Å²) >= 11 is 3.12. The monoisotopic (exact) mass is 376 g/mol. The molecule has 0 atom stereocenters. The smallest absolute Gasteiger partial charge is 0.268 e. The van der Waals surface area contributed by atoms with E-state index in [9.17, 15) is 12.8 Å². The third kappa shape index (κ3) is 3.28. The third-order valence-corrected chi connectivity index (χ3v) is 5.53. The summed E-state index contributed by atoms with van der Waals surface area (Å²) in [5.41, 5.74) is 0.361. The lowest BCUT2D eigenvalue weighted by Gasteiger charge is -2.18. The van der Waals surface area contributed by atoms with E-state index in [1.54, 1.807) is 7.05 Å². The Morgan fingerprint density at radius 3 is 2.52 bits per heavy atom. The Hall–Kier alpha value is -1.38. The molecule has 0 aliphatic heterocycles. The first-order valence-electron chi connectivity index (χ1n) is 6.03. The summed E-state index contributed by atoms with van der Waals surface area (Å²) in [6.45, 7) is 0.411. The molecule has 0 saturated heterocycles. The van der Waals surface area contributed by atoms with Crippen molar-refractivity contribution >= 4 is 31.6 Å². The van der Waals surface area contributed by atoms with Crippen molar-refractivity contribution in [2.75, 3.05) is 18.4 Å². The van der Waals surface area contributed by atoms with Gasteiger partial charge >= 0.3 is 0 Å². The van der Waals surface area contributed by atoms with Crippen LogP contribution in [0.15, 0.2) is 44.3 Å². The lowest BCUT2D eigenvalue weighted by molar-refractivity contribution is 0.470. The highest BCUT2D eigenvalue weighted by atomic mass is 79.9. The van der Waals surface area contributed by atoms with Gasteiger partial charge in [0.2, 0.25) is 0 Å². The van der Waals surface area contributed by atoms with E-state index in [0.717, 1.165) is 4.31 Å². The molecule has 0 fully saturated rings. The molecule has 8 heteroatoms. The molecule has 1 N–H and O–H groups in total. The molecule has 1 aromatic carbocycles. The minimum absolute atomic E-state index is 0.0274. The van der Waals surface area contributed by atoms with E-state index in [4.69, 9.17) is 4.42 Å². The number of rotatable bonds is 5. The zero-order valence-corrected chi connectivity index (χ0v) is 13.8. The second-order valence-electron chi connectivity index (χ2n) is 4.33. The highest BCUT2D eigenvalue weighted by Gasteiger charge is 2.27. The maximum Gasteiger partial charge on any atom is 0.268 e. The number of halogens is 2. The number of nitrogens with one attached hydrogen (secondary N) is 1. The van der Waals surface area contributed by atoms with Crippen LogP contribution in [-0.2, 0) is 16.6 Å². The molecule has 0 spiro atoms. The second kappa shape index (κ2) is 6.17. The molecular weight excluding hydrogens is 363 g/mol. The minimum atomic E-state index is -3.79. The second-order valence-corrected chi connectivity index (χ2v) is 6.99. The molecular formula is C13H14BrFN2O3S. The van der Waals surface area contributed by atoms with Crippen LogP contribution in [0.5, 0.6) is 0 Å². The Labute approximate surface area is 130 Å². The van der Waals surface area contributed by atoms with Gasteiger partial charge in [0.1, 0.15) is 16.5 Å². The number of hydrogen-bond acceptors (Lipinski definition) is 4. The van der Waals surface area contributed by atoms with Crippen LogP contribution in [0.3, 0.4) is 0 Å². The molecule has 21 heavy (non-hydrogen) atoms. The summed E-state index contributed by atoms with van der Waals surface area (Å²) in [6.07, 6.45) is 0. The number of anilines is 1. The van der Waals surface area contributed by atoms with E-state index in [1.165, 1.54) is 37.4 Å². The van der Waals surface area contributed by atoms with Crippen LogP contribution in [0.25, 0.3) is 0 Å². The van der Waals surface area contributed by atoms with E-state index >= 15 is 0 Å². The first-order valence-corrected chi connectivity index (χ1v) is 8.27. The Balaban J connectivity index is 2.39. The van der Waals surface area contributed by atoms with Crippen molar-refractivity contribution in [1.29, 1.82) is 0 Å². The fourth-order valence-corrected chi connectivity index (χ4v) is 3.93. The molecule has 2 rings (SSSR count). The first-order chi connectivity index (χ1) is 9.86. The topological polar surface area (TPSA) is 62.6 Å². The number of hydrogen-bond donors (Lipinski definition) is 1. The van der Waals surface area contributed by atoms with Gasteiger partial charge in [-0.1, -0.05) is 0 Å². The van der Waals surface area contributed by atoms with Gasteiger partial charge in [-0.25, -0.2) is 12.8 Å². The van der Waals surface area contributed by atoms with E-state index < -0.39 is 15.8 Å². The summed E-state index contributed by atoms with van der Waals surface area (Å²) in [6, 6.07) is 6.66. The molecule has 1 aromatic heterocycles. The highest BCUT2D eigenvalue weighted by Crippen LogP contribution is 2.30. The van der Waals surface area contributed by atoms with Gasteiger partial charge in [-0.3, -0.25) is 4.31 Å². The quantitative estimate of drug-likeness (QED) is 0.871. The lowest BCUT2D eigenvalue weighted by atomic mass is 10.3. The van der Waals surface area contributed by atoms with Crippen LogP contribution in [-0.4, -0.2) is 22.5 Å². The van der Waals surface area contributed by atoms with Gasteiger partial charge in [-0.2, -0.15) is 0 Å². The zero-order chi connectivity index (χ0) is 15.6. The molecule has 0 saturated carbocycles. The SMILES string of the molecule is CNCc1cc(S(=O)(=O)N(C)c2ccc(F)cc2)c(Br)o1. The van der Waals surface area contributed by atoms with Crippen molar-refractivity contribution in [3.63, 3.8) is 0 Å². The first kappa shape index (κ1) is 16.0. The van der Waals surface area contributed by atoms with Crippen molar-refractivity contribution in [3.05, 3.63) is 46.6 Å². The van der Waals surface area contributed by atoms with Gasteiger partial charge in [0.25, 0.3) is 10.0 Å². The van der Waals surface area contributed by atoms with Crippen molar-refractivity contribution < 1.29 is 17.2 Å². The summed E-state index contributed by atoms with van der Waals surface area (Å²) in [4.78, 5) is 0.0274. The van der Waals surface area contributed by atoms with Crippen LogP contribution < -0.4 is 9.62 Å². The van der Waals surface area contributed by atoms with Crippen molar-refractivity contribution in [3.8, 4) is 0 Å².